The molecule has 0 aliphatic rings. The number of amidine groups is 1. The Hall–Kier alpha value is -2.36. The zero-order valence-electron chi connectivity index (χ0n) is 10.4. The summed E-state index contributed by atoms with van der Waals surface area (Å²) in [7, 11) is 0. The van der Waals surface area contributed by atoms with Crippen LogP contribution in [-0.4, -0.2) is 10.8 Å². The van der Waals surface area contributed by atoms with Crippen LogP contribution < -0.4 is 10.5 Å². The summed E-state index contributed by atoms with van der Waals surface area (Å²) in [5, 5.41) is 7.48. The van der Waals surface area contributed by atoms with Crippen molar-refractivity contribution in [2.45, 2.75) is 13.8 Å². The summed E-state index contributed by atoms with van der Waals surface area (Å²) in [4.78, 5) is 4.10. The van der Waals surface area contributed by atoms with Gasteiger partial charge in [-0.25, -0.2) is 4.98 Å². The molecule has 0 radical (unpaired) electrons. The zero-order valence-corrected chi connectivity index (χ0v) is 10.4. The quantitative estimate of drug-likeness (QED) is 0.641. The number of ether oxygens (including phenoxy) is 1. The number of aryl methyl sites for hydroxylation is 2. The molecule has 1 heterocycles. The first-order valence-corrected chi connectivity index (χ1v) is 5.62. The van der Waals surface area contributed by atoms with Crippen molar-refractivity contribution < 1.29 is 4.74 Å². The monoisotopic (exact) mass is 241 g/mol. The molecule has 4 nitrogen and oxygen atoms in total. The second kappa shape index (κ2) is 4.87. The molecule has 3 N–H and O–H groups in total. The Bertz CT molecular complexity index is 593. The highest BCUT2D eigenvalue weighted by Crippen LogP contribution is 2.24. The van der Waals surface area contributed by atoms with Gasteiger partial charge in [-0.05, 0) is 49.2 Å². The molecule has 0 bridgehead atoms. The van der Waals surface area contributed by atoms with Crippen LogP contribution in [0.2, 0.25) is 0 Å². The molecular formula is C14H15N3O. The van der Waals surface area contributed by atoms with Crippen molar-refractivity contribution >= 4 is 5.84 Å². The molecule has 0 atom stereocenters. The van der Waals surface area contributed by atoms with Gasteiger partial charge in [0.1, 0.15) is 11.6 Å². The van der Waals surface area contributed by atoms with Crippen LogP contribution in [0.5, 0.6) is 11.6 Å². The molecule has 18 heavy (non-hydrogen) atoms. The number of nitrogens with zero attached hydrogens (tertiary/aromatic N) is 1. The van der Waals surface area contributed by atoms with E-state index in [-0.39, 0.29) is 5.84 Å². The van der Waals surface area contributed by atoms with E-state index < -0.39 is 0 Å². The third kappa shape index (κ3) is 2.48. The Labute approximate surface area is 106 Å². The van der Waals surface area contributed by atoms with Crippen LogP contribution in [0.25, 0.3) is 0 Å². The Morgan fingerprint density at radius 2 is 2.00 bits per heavy atom. The van der Waals surface area contributed by atoms with Gasteiger partial charge >= 0.3 is 0 Å². The molecule has 0 aliphatic carbocycles. The first-order valence-electron chi connectivity index (χ1n) is 5.62. The van der Waals surface area contributed by atoms with E-state index >= 15 is 0 Å². The highest BCUT2D eigenvalue weighted by atomic mass is 16.5. The van der Waals surface area contributed by atoms with Crippen molar-refractivity contribution in [1.29, 1.82) is 5.41 Å². The minimum Gasteiger partial charge on any atom is -0.438 e. The normalized spacial score (nSPS) is 10.1. The fourth-order valence-electron chi connectivity index (χ4n) is 1.57. The lowest BCUT2D eigenvalue weighted by Gasteiger charge is -2.10. The van der Waals surface area contributed by atoms with Crippen molar-refractivity contribution in [3.63, 3.8) is 0 Å². The molecular weight excluding hydrogens is 226 g/mol. The lowest BCUT2D eigenvalue weighted by molar-refractivity contribution is 0.461. The number of hydrogen-bond acceptors (Lipinski definition) is 3. The van der Waals surface area contributed by atoms with E-state index in [1.165, 1.54) is 5.56 Å². The van der Waals surface area contributed by atoms with E-state index in [0.717, 1.165) is 5.56 Å². The van der Waals surface area contributed by atoms with Crippen LogP contribution in [-0.2, 0) is 0 Å². The molecule has 1 aromatic heterocycles. The van der Waals surface area contributed by atoms with E-state index in [0.29, 0.717) is 17.2 Å². The SMILES string of the molecule is Cc1ccc(Oc2ncccc2C(=N)N)cc1C. The van der Waals surface area contributed by atoms with Gasteiger partial charge in [0.05, 0.1) is 5.56 Å². The predicted molar refractivity (Wildman–Crippen MR) is 71.2 cm³/mol. The molecule has 4 heteroatoms. The van der Waals surface area contributed by atoms with Gasteiger partial charge in [0.15, 0.2) is 0 Å². The second-order valence-corrected chi connectivity index (χ2v) is 4.12. The Kier molecular flexibility index (Phi) is 3.28. The van der Waals surface area contributed by atoms with E-state index in [1.54, 1.807) is 18.3 Å². The maximum Gasteiger partial charge on any atom is 0.230 e. The zero-order chi connectivity index (χ0) is 13.1. The molecule has 0 saturated carbocycles. The molecule has 0 amide bonds. The molecule has 92 valence electrons. The Morgan fingerprint density at radius 1 is 1.22 bits per heavy atom. The first kappa shape index (κ1) is 12.1. The van der Waals surface area contributed by atoms with Crippen LogP contribution in [0, 0.1) is 19.3 Å². The van der Waals surface area contributed by atoms with Crippen LogP contribution in [0.15, 0.2) is 36.5 Å². The smallest absolute Gasteiger partial charge is 0.230 e. The summed E-state index contributed by atoms with van der Waals surface area (Å²) in [6.45, 7) is 4.06. The average molecular weight is 241 g/mol. The third-order valence-corrected chi connectivity index (χ3v) is 2.75. The minimum absolute atomic E-state index is 0.0538. The molecule has 2 aromatic rings. The molecule has 2 rings (SSSR count). The fourth-order valence-corrected chi connectivity index (χ4v) is 1.57. The number of benzene rings is 1. The number of nitrogens with two attached hydrogens (primary N) is 1. The largest absolute Gasteiger partial charge is 0.438 e. The van der Waals surface area contributed by atoms with Crippen LogP contribution in [0.4, 0.5) is 0 Å². The van der Waals surface area contributed by atoms with Gasteiger partial charge < -0.3 is 10.5 Å². The molecule has 1 aromatic carbocycles. The van der Waals surface area contributed by atoms with E-state index in [9.17, 15) is 0 Å². The van der Waals surface area contributed by atoms with Gasteiger partial charge in [-0.2, -0.15) is 0 Å². The van der Waals surface area contributed by atoms with Gasteiger partial charge in [0.25, 0.3) is 0 Å². The number of aromatic nitrogens is 1. The van der Waals surface area contributed by atoms with Gasteiger partial charge in [0, 0.05) is 6.20 Å². The number of nitrogens with one attached hydrogen (secondary N) is 1. The van der Waals surface area contributed by atoms with Gasteiger partial charge in [0.2, 0.25) is 5.88 Å². The minimum atomic E-state index is -0.0538. The molecule has 0 unspecified atom stereocenters. The summed E-state index contributed by atoms with van der Waals surface area (Å²) >= 11 is 0. The maximum absolute atomic E-state index is 7.48. The summed E-state index contributed by atoms with van der Waals surface area (Å²) in [6, 6.07) is 9.24. The van der Waals surface area contributed by atoms with Gasteiger partial charge in [-0.1, -0.05) is 6.07 Å². The number of nitrogen functional groups attached to an aromatic ring is 1. The topological polar surface area (TPSA) is 72.0 Å². The first-order chi connectivity index (χ1) is 8.58. The molecule has 0 aliphatic heterocycles. The van der Waals surface area contributed by atoms with Crippen molar-refractivity contribution in [3.8, 4) is 11.6 Å². The van der Waals surface area contributed by atoms with Crippen LogP contribution >= 0.6 is 0 Å². The van der Waals surface area contributed by atoms with E-state index in [4.69, 9.17) is 15.9 Å². The predicted octanol–water partition coefficient (Wildman–Crippen LogP) is 2.77. The lowest BCUT2D eigenvalue weighted by atomic mass is 10.1. The van der Waals surface area contributed by atoms with Crippen molar-refractivity contribution in [1.82, 2.24) is 4.98 Å². The second-order valence-electron chi connectivity index (χ2n) is 4.12. The lowest BCUT2D eigenvalue weighted by Crippen LogP contribution is -2.12. The van der Waals surface area contributed by atoms with E-state index in [2.05, 4.69) is 4.98 Å². The average Bonchev–Trinajstić information content (AvgIpc) is 2.34. The van der Waals surface area contributed by atoms with Gasteiger partial charge in [-0.15, -0.1) is 0 Å². The summed E-state index contributed by atoms with van der Waals surface area (Å²) in [5.74, 6) is 0.995. The van der Waals surface area contributed by atoms with Crippen LogP contribution in [0.3, 0.4) is 0 Å². The van der Waals surface area contributed by atoms with Crippen molar-refractivity contribution in [3.05, 3.63) is 53.2 Å². The molecule has 0 saturated heterocycles. The van der Waals surface area contributed by atoms with Crippen LogP contribution in [0.1, 0.15) is 16.7 Å². The summed E-state index contributed by atoms with van der Waals surface area (Å²) < 4.78 is 5.67. The van der Waals surface area contributed by atoms with E-state index in [1.807, 2.05) is 32.0 Å². The summed E-state index contributed by atoms with van der Waals surface area (Å²) in [6.07, 6.45) is 1.61. The third-order valence-electron chi connectivity index (χ3n) is 2.75. The van der Waals surface area contributed by atoms with Gasteiger partial charge in [-0.3, -0.25) is 5.41 Å². The Balaban J connectivity index is 2.34. The molecule has 0 spiro atoms. The van der Waals surface area contributed by atoms with Crippen molar-refractivity contribution in [2.24, 2.45) is 5.73 Å². The number of hydrogen-bond donors (Lipinski definition) is 2. The number of rotatable bonds is 3. The standard InChI is InChI=1S/C14H15N3O/c1-9-5-6-11(8-10(9)2)18-14-12(13(15)16)4-3-7-17-14/h3-8H,1-2H3,(H3,15,16). The highest BCUT2D eigenvalue weighted by molar-refractivity contribution is 5.97. The highest BCUT2D eigenvalue weighted by Gasteiger charge is 2.08. The fraction of sp³-hybridized carbons (Fsp3) is 0.143. The summed E-state index contributed by atoms with van der Waals surface area (Å²) in [5.41, 5.74) is 8.33. The number of pyridine rings is 1. The Morgan fingerprint density at radius 3 is 2.67 bits per heavy atom. The van der Waals surface area contributed by atoms with Crippen molar-refractivity contribution in [2.75, 3.05) is 0 Å². The molecule has 0 fully saturated rings. The maximum atomic E-state index is 7.48.